The van der Waals surface area contributed by atoms with Crippen LogP contribution >= 0.6 is 6.89 Å². The van der Waals surface area contributed by atoms with Gasteiger partial charge in [0.2, 0.25) is 5.91 Å². The summed E-state index contributed by atoms with van der Waals surface area (Å²) in [5.74, 6) is -1.13. The number of rotatable bonds is 15. The second kappa shape index (κ2) is 16.4. The molecule has 1 aliphatic heterocycles. The summed E-state index contributed by atoms with van der Waals surface area (Å²) in [6.07, 6.45) is 2.68. The van der Waals surface area contributed by atoms with Gasteiger partial charge in [-0.1, -0.05) is 127 Å². The molecule has 5 aromatic rings. The van der Waals surface area contributed by atoms with E-state index >= 15 is 0 Å². The van der Waals surface area contributed by atoms with Crippen LogP contribution in [0.15, 0.2) is 158 Å². The monoisotopic (exact) mass is 698 g/mol. The lowest BCUT2D eigenvalue weighted by Gasteiger charge is -2.50. The molecule has 0 bridgehead atoms. The van der Waals surface area contributed by atoms with Crippen molar-refractivity contribution in [3.05, 3.63) is 179 Å². The van der Waals surface area contributed by atoms with Crippen LogP contribution in [0.3, 0.4) is 0 Å². The molecule has 0 aliphatic carbocycles. The number of non-ortho nitro benzene ring substituents is 1. The molecule has 1 heterocycles. The minimum absolute atomic E-state index is 0.0148. The molecule has 0 saturated carbocycles. The fraction of sp³-hybridized carbons (Fsp3) is 0.167. The number of amides is 1. The van der Waals surface area contributed by atoms with Crippen molar-refractivity contribution in [2.75, 3.05) is 6.61 Å². The second-order valence-electron chi connectivity index (χ2n) is 12.2. The Morgan fingerprint density at radius 1 is 0.745 bits per heavy atom. The summed E-state index contributed by atoms with van der Waals surface area (Å²) in [6, 6.07) is 45.2. The molecular formula is C42H39N2O6P. The zero-order valence-electron chi connectivity index (χ0n) is 28.1. The third-order valence-electron chi connectivity index (χ3n) is 9.12. The summed E-state index contributed by atoms with van der Waals surface area (Å²) in [5.41, 5.74) is 1.99. The number of nitro groups is 1. The van der Waals surface area contributed by atoms with Crippen LogP contribution in [0.25, 0.3) is 0 Å². The maximum Gasteiger partial charge on any atom is 0.356 e. The van der Waals surface area contributed by atoms with Gasteiger partial charge in [-0.15, -0.1) is 6.58 Å². The summed E-state index contributed by atoms with van der Waals surface area (Å²) in [5, 5.41) is 13.8. The van der Waals surface area contributed by atoms with Crippen LogP contribution < -0.4 is 15.9 Å². The molecule has 258 valence electrons. The van der Waals surface area contributed by atoms with Gasteiger partial charge in [0.15, 0.2) is 0 Å². The van der Waals surface area contributed by atoms with E-state index in [0.29, 0.717) is 24.9 Å². The first kappa shape index (κ1) is 35.3. The van der Waals surface area contributed by atoms with Crippen LogP contribution in [0.1, 0.15) is 24.0 Å². The van der Waals surface area contributed by atoms with Crippen LogP contribution in [-0.4, -0.2) is 39.8 Å². The minimum Gasteiger partial charge on any atom is -0.456 e. The molecule has 1 aliphatic rings. The molecule has 1 saturated heterocycles. The Morgan fingerprint density at radius 3 is 1.73 bits per heavy atom. The van der Waals surface area contributed by atoms with Crippen LogP contribution in [0, 0.1) is 16.0 Å². The maximum atomic E-state index is 14.9. The Bertz CT molecular complexity index is 1920. The lowest BCUT2D eigenvalue weighted by molar-refractivity contribution is -0.384. The number of hydrogen-bond donors (Lipinski definition) is 0. The lowest BCUT2D eigenvalue weighted by atomic mass is 9.82. The smallest absolute Gasteiger partial charge is 0.356 e. The van der Waals surface area contributed by atoms with E-state index in [-0.39, 0.29) is 30.9 Å². The zero-order valence-corrected chi connectivity index (χ0v) is 29.0. The quantitative estimate of drug-likeness (QED) is 0.0228. The average Bonchev–Trinajstić information content (AvgIpc) is 3.18. The number of esters is 1. The number of benzene rings is 5. The number of nitro benzene ring substituents is 1. The Hall–Kier alpha value is -5.56. The van der Waals surface area contributed by atoms with Crippen molar-refractivity contribution in [1.82, 2.24) is 4.90 Å². The number of β-lactam (4-membered cyclic amide) rings is 1. The SMILES string of the molecule is C=CCC1C(CCOCc2ccc([N+](=O)[O-])cc2)C(=O)N1C(C(=O)OCc1ccccc1)=P(c1ccccc1)(c1ccccc1)c1ccccc1. The summed E-state index contributed by atoms with van der Waals surface area (Å²) in [4.78, 5) is 41.7. The highest BCUT2D eigenvalue weighted by atomic mass is 31.2. The van der Waals surface area contributed by atoms with Crippen LogP contribution in [0.5, 0.6) is 0 Å². The van der Waals surface area contributed by atoms with Gasteiger partial charge in [0, 0.05) is 25.6 Å². The fourth-order valence-electron chi connectivity index (χ4n) is 6.69. The Morgan fingerprint density at radius 2 is 1.24 bits per heavy atom. The molecule has 2 atom stereocenters. The average molecular weight is 699 g/mol. The van der Waals surface area contributed by atoms with Crippen LogP contribution in [-0.2, 0) is 32.3 Å². The first-order chi connectivity index (χ1) is 24.9. The summed E-state index contributed by atoms with van der Waals surface area (Å²) in [6.45, 7) is 1.57. The van der Waals surface area contributed by atoms with Crippen molar-refractivity contribution < 1.29 is 24.0 Å². The highest BCUT2D eigenvalue weighted by molar-refractivity contribution is 7.96. The molecular weight excluding hydrogens is 659 g/mol. The third-order valence-corrected chi connectivity index (χ3v) is 13.4. The highest BCUT2D eigenvalue weighted by Gasteiger charge is 2.52. The summed E-state index contributed by atoms with van der Waals surface area (Å²) in [7, 11) is 0. The van der Waals surface area contributed by atoms with E-state index < -0.39 is 23.7 Å². The molecule has 1 amide bonds. The predicted octanol–water partition coefficient (Wildman–Crippen LogP) is 6.77. The number of nitrogens with zero attached hydrogens (tertiary/aromatic N) is 2. The van der Waals surface area contributed by atoms with Gasteiger partial charge in [0.1, 0.15) is 12.0 Å². The molecule has 0 aromatic heterocycles. The number of carbonyl (C=O) groups is 2. The van der Waals surface area contributed by atoms with Crippen molar-refractivity contribution in [3.63, 3.8) is 0 Å². The maximum absolute atomic E-state index is 14.9. The van der Waals surface area contributed by atoms with E-state index in [0.717, 1.165) is 27.0 Å². The number of hydrogen-bond acceptors (Lipinski definition) is 6. The largest absolute Gasteiger partial charge is 0.456 e. The Balaban J connectivity index is 1.44. The van der Waals surface area contributed by atoms with Gasteiger partial charge in [0.05, 0.1) is 23.5 Å². The van der Waals surface area contributed by atoms with Gasteiger partial charge in [-0.2, -0.15) is 0 Å². The Labute approximate surface area is 298 Å². The first-order valence-electron chi connectivity index (χ1n) is 16.8. The first-order valence-corrected chi connectivity index (χ1v) is 18.6. The summed E-state index contributed by atoms with van der Waals surface area (Å²) >= 11 is 0. The number of ether oxygens (including phenoxy) is 2. The molecule has 5 aromatic carbocycles. The second-order valence-corrected chi connectivity index (χ2v) is 15.5. The van der Waals surface area contributed by atoms with Crippen molar-refractivity contribution >= 4 is 45.8 Å². The van der Waals surface area contributed by atoms with Crippen molar-refractivity contribution in [2.24, 2.45) is 5.92 Å². The van der Waals surface area contributed by atoms with Gasteiger partial charge in [-0.3, -0.25) is 14.9 Å². The Kier molecular flexibility index (Phi) is 11.4. The molecule has 8 nitrogen and oxygen atoms in total. The van der Waals surface area contributed by atoms with Gasteiger partial charge >= 0.3 is 5.97 Å². The molecule has 2 unspecified atom stereocenters. The van der Waals surface area contributed by atoms with Crippen LogP contribution in [0.4, 0.5) is 5.69 Å². The molecule has 51 heavy (non-hydrogen) atoms. The van der Waals surface area contributed by atoms with E-state index in [1.54, 1.807) is 23.1 Å². The topological polar surface area (TPSA) is 99.0 Å². The molecule has 1 fully saturated rings. The standard InChI is InChI=1S/C42H39N2O6P/c1-2-15-39-38(28-29-49-30-33-24-26-34(27-25-33)44(47)48)40(45)43(39)41(42(46)50-31-32-16-7-3-8-17-32)51(35-18-9-4-10-19-35,36-20-11-5-12-21-36)37-22-13-6-14-23-37/h2-14,16-27,38-39H,1,15,28-31H2. The van der Waals surface area contributed by atoms with Gasteiger partial charge in [0.25, 0.3) is 5.69 Å². The van der Waals surface area contributed by atoms with E-state index in [1.165, 1.54) is 12.1 Å². The van der Waals surface area contributed by atoms with Crippen molar-refractivity contribution in [2.45, 2.75) is 32.1 Å². The van der Waals surface area contributed by atoms with E-state index in [2.05, 4.69) is 6.58 Å². The molecule has 0 radical (unpaired) electrons. The number of carbonyl (C=O) groups excluding carboxylic acids is 2. The van der Waals surface area contributed by atoms with Gasteiger partial charge in [-0.05, 0) is 52.0 Å². The lowest BCUT2D eigenvalue weighted by Crippen LogP contribution is -2.65. The molecule has 0 spiro atoms. The molecule has 9 heteroatoms. The predicted molar refractivity (Wildman–Crippen MR) is 203 cm³/mol. The van der Waals surface area contributed by atoms with Gasteiger partial charge < -0.3 is 14.4 Å². The van der Waals surface area contributed by atoms with Crippen molar-refractivity contribution in [3.8, 4) is 0 Å². The normalized spacial score (nSPS) is 15.5. The third kappa shape index (κ3) is 7.48. The van der Waals surface area contributed by atoms with Gasteiger partial charge in [-0.25, -0.2) is 4.79 Å². The van der Waals surface area contributed by atoms with E-state index in [4.69, 9.17) is 9.47 Å². The van der Waals surface area contributed by atoms with E-state index in [1.807, 2.05) is 121 Å². The van der Waals surface area contributed by atoms with Crippen molar-refractivity contribution in [1.29, 1.82) is 0 Å². The minimum atomic E-state index is -3.04. The molecule has 6 rings (SSSR count). The fourth-order valence-corrected chi connectivity index (χ4v) is 11.1. The summed E-state index contributed by atoms with van der Waals surface area (Å²) < 4.78 is 12.1. The van der Waals surface area contributed by atoms with Crippen LogP contribution in [0.2, 0.25) is 0 Å². The van der Waals surface area contributed by atoms with E-state index in [9.17, 15) is 19.7 Å². The highest BCUT2D eigenvalue weighted by Crippen LogP contribution is 2.50. The number of likely N-dealkylation sites (tertiary alicyclic amines) is 1. The molecule has 0 N–H and O–H groups in total. The zero-order chi connectivity index (χ0) is 35.6.